The molecule has 1 amide bonds. The highest BCUT2D eigenvalue weighted by atomic mass is 19.4. The van der Waals surface area contributed by atoms with Gasteiger partial charge in [0.1, 0.15) is 5.75 Å². The zero-order valence-corrected chi connectivity index (χ0v) is 21.3. The fourth-order valence-corrected chi connectivity index (χ4v) is 5.52. The maximum Gasteiger partial charge on any atom is 0.416 e. The van der Waals surface area contributed by atoms with Crippen LogP contribution in [0.25, 0.3) is 0 Å². The molecule has 0 saturated carbocycles. The Bertz CT molecular complexity index is 1060. The second kappa shape index (κ2) is 11.2. The number of rotatable bonds is 7. The predicted octanol–water partition coefficient (Wildman–Crippen LogP) is 5.36. The minimum absolute atomic E-state index is 0.197. The number of ether oxygens (including phenoxy) is 1. The monoisotopic (exact) mass is 503 g/mol. The van der Waals surface area contributed by atoms with Crippen molar-refractivity contribution in [2.24, 2.45) is 0 Å². The van der Waals surface area contributed by atoms with E-state index in [2.05, 4.69) is 36.2 Å². The van der Waals surface area contributed by atoms with E-state index in [-0.39, 0.29) is 11.9 Å². The molecule has 2 atom stereocenters. The molecule has 0 unspecified atom stereocenters. The largest absolute Gasteiger partial charge is 0.493 e. The second-order valence-corrected chi connectivity index (χ2v) is 9.87. The molecule has 0 radical (unpaired) electrons. The summed E-state index contributed by atoms with van der Waals surface area (Å²) in [5.74, 6) is 0.740. The highest BCUT2D eigenvalue weighted by Crippen LogP contribution is 2.39. The number of fused-ring (bicyclic) bond motifs is 1. The number of carbonyl (C=O) groups excluding carboxylic acids is 1. The summed E-state index contributed by atoms with van der Waals surface area (Å²) in [5, 5.41) is 3.13. The van der Waals surface area contributed by atoms with Gasteiger partial charge in [-0.25, -0.2) is 0 Å². The third-order valence-corrected chi connectivity index (χ3v) is 7.66. The molecule has 2 aliphatic heterocycles. The zero-order valence-electron chi connectivity index (χ0n) is 21.3. The van der Waals surface area contributed by atoms with Gasteiger partial charge in [0.15, 0.2) is 0 Å². The first-order valence-corrected chi connectivity index (χ1v) is 12.8. The number of alkyl halides is 3. The van der Waals surface area contributed by atoms with Gasteiger partial charge in [-0.1, -0.05) is 6.07 Å². The molecule has 5 nitrogen and oxygen atoms in total. The molecule has 2 saturated heterocycles. The normalized spacial score (nSPS) is 20.8. The minimum Gasteiger partial charge on any atom is -0.493 e. The van der Waals surface area contributed by atoms with Crippen LogP contribution in [0.4, 0.5) is 13.2 Å². The number of hydrogen-bond acceptors (Lipinski definition) is 4. The van der Waals surface area contributed by atoms with Crippen LogP contribution in [0.5, 0.6) is 5.75 Å². The van der Waals surface area contributed by atoms with Gasteiger partial charge in [-0.3, -0.25) is 9.69 Å². The van der Waals surface area contributed by atoms with Gasteiger partial charge in [-0.05, 0) is 100 Å². The third-order valence-electron chi connectivity index (χ3n) is 7.66. The van der Waals surface area contributed by atoms with E-state index in [1.165, 1.54) is 28.8 Å². The standard InChI is InChI=1S/C28H36F3N3O2/c1-19-20(2)26(36-17-5-14-32-3)13-12-24(19)25-7-4-6-23-18-33(15-16-34(23)25)27(35)21-8-10-22(11-9-21)28(29,30)31/h8-13,23,25,32H,4-7,14-18H2,1-3H3/t23-,25+/m0/s1. The second-order valence-electron chi connectivity index (χ2n) is 9.87. The van der Waals surface area contributed by atoms with Crippen molar-refractivity contribution in [2.45, 2.75) is 57.8 Å². The lowest BCUT2D eigenvalue weighted by Crippen LogP contribution is -2.57. The van der Waals surface area contributed by atoms with E-state index >= 15 is 0 Å². The number of hydrogen-bond donors (Lipinski definition) is 1. The number of halogens is 3. The lowest BCUT2D eigenvalue weighted by molar-refractivity contribution is -0.137. The molecule has 8 heteroatoms. The van der Waals surface area contributed by atoms with Crippen LogP contribution in [0.2, 0.25) is 0 Å². The van der Waals surface area contributed by atoms with Gasteiger partial charge in [-0.15, -0.1) is 0 Å². The van der Waals surface area contributed by atoms with Crippen molar-refractivity contribution >= 4 is 5.91 Å². The molecule has 2 aliphatic rings. The molecule has 0 aliphatic carbocycles. The van der Waals surface area contributed by atoms with Gasteiger partial charge in [0.05, 0.1) is 12.2 Å². The van der Waals surface area contributed by atoms with Gasteiger partial charge < -0.3 is 15.0 Å². The molecular formula is C28H36F3N3O2. The summed E-state index contributed by atoms with van der Waals surface area (Å²) in [7, 11) is 1.94. The number of benzene rings is 2. The third kappa shape index (κ3) is 5.70. The van der Waals surface area contributed by atoms with Crippen LogP contribution in [-0.4, -0.2) is 61.6 Å². The number of piperazine rings is 1. The lowest BCUT2D eigenvalue weighted by Gasteiger charge is -2.49. The first-order chi connectivity index (χ1) is 17.2. The van der Waals surface area contributed by atoms with E-state index < -0.39 is 11.7 Å². The molecule has 0 bridgehead atoms. The van der Waals surface area contributed by atoms with Gasteiger partial charge in [0, 0.05) is 37.3 Å². The number of amides is 1. The lowest BCUT2D eigenvalue weighted by atomic mass is 9.86. The summed E-state index contributed by atoms with van der Waals surface area (Å²) < 4.78 is 44.7. The number of nitrogens with one attached hydrogen (secondary N) is 1. The molecule has 2 heterocycles. The number of carbonyl (C=O) groups is 1. The van der Waals surface area contributed by atoms with E-state index in [9.17, 15) is 18.0 Å². The summed E-state index contributed by atoms with van der Waals surface area (Å²) in [4.78, 5) is 17.4. The molecule has 0 aromatic heterocycles. The molecule has 2 aromatic rings. The average Bonchev–Trinajstić information content (AvgIpc) is 2.87. The Labute approximate surface area is 211 Å². The molecule has 0 spiro atoms. The van der Waals surface area contributed by atoms with E-state index in [4.69, 9.17) is 4.74 Å². The molecule has 4 rings (SSSR count). The fourth-order valence-electron chi connectivity index (χ4n) is 5.52. The smallest absolute Gasteiger partial charge is 0.416 e. The molecule has 196 valence electrons. The van der Waals surface area contributed by atoms with Gasteiger partial charge in [-0.2, -0.15) is 13.2 Å². The van der Waals surface area contributed by atoms with Gasteiger partial charge >= 0.3 is 6.18 Å². The Balaban J connectivity index is 1.44. The summed E-state index contributed by atoms with van der Waals surface area (Å²) >= 11 is 0. The van der Waals surface area contributed by atoms with Crippen LogP contribution in [0.3, 0.4) is 0 Å². The Morgan fingerprint density at radius 2 is 1.81 bits per heavy atom. The van der Waals surface area contributed by atoms with Crippen molar-refractivity contribution < 1.29 is 22.7 Å². The molecule has 1 N–H and O–H groups in total. The van der Waals surface area contributed by atoms with Gasteiger partial charge in [0.2, 0.25) is 0 Å². The van der Waals surface area contributed by atoms with Crippen molar-refractivity contribution in [3.8, 4) is 5.75 Å². The van der Waals surface area contributed by atoms with Crippen LogP contribution in [-0.2, 0) is 6.18 Å². The van der Waals surface area contributed by atoms with Gasteiger partial charge in [0.25, 0.3) is 5.91 Å². The van der Waals surface area contributed by atoms with Crippen molar-refractivity contribution in [1.82, 2.24) is 15.1 Å². The Morgan fingerprint density at radius 3 is 2.50 bits per heavy atom. The SMILES string of the molecule is CNCCCOc1ccc([C@H]2CCC[C@H]3CN(C(=O)c4ccc(C(F)(F)F)cc4)CCN32)c(C)c1C. The molecular weight excluding hydrogens is 467 g/mol. The topological polar surface area (TPSA) is 44.8 Å². The highest BCUT2D eigenvalue weighted by Gasteiger charge is 2.38. The van der Waals surface area contributed by atoms with Crippen LogP contribution in [0.15, 0.2) is 36.4 Å². The average molecular weight is 504 g/mol. The summed E-state index contributed by atoms with van der Waals surface area (Å²) in [5.41, 5.74) is 3.33. The Morgan fingerprint density at radius 1 is 1.06 bits per heavy atom. The first kappa shape index (κ1) is 26.5. The maximum absolute atomic E-state index is 13.1. The van der Waals surface area contributed by atoms with Crippen molar-refractivity contribution in [1.29, 1.82) is 0 Å². The minimum atomic E-state index is -4.41. The summed E-state index contributed by atoms with van der Waals surface area (Å²) in [6.45, 7) is 7.81. The molecule has 2 aromatic carbocycles. The number of nitrogens with zero attached hydrogens (tertiary/aromatic N) is 2. The zero-order chi connectivity index (χ0) is 25.9. The Hall–Kier alpha value is -2.58. The maximum atomic E-state index is 13.1. The van der Waals surface area contributed by atoms with Crippen LogP contribution in [0, 0.1) is 13.8 Å². The first-order valence-electron chi connectivity index (χ1n) is 12.8. The van der Waals surface area contributed by atoms with Crippen molar-refractivity contribution in [3.05, 3.63) is 64.2 Å². The fraction of sp³-hybridized carbons (Fsp3) is 0.536. The van der Waals surface area contributed by atoms with Crippen molar-refractivity contribution in [3.63, 3.8) is 0 Å². The molecule has 2 fully saturated rings. The van der Waals surface area contributed by atoms with E-state index in [1.807, 2.05) is 7.05 Å². The van der Waals surface area contributed by atoms with Crippen molar-refractivity contribution in [2.75, 3.05) is 39.8 Å². The highest BCUT2D eigenvalue weighted by molar-refractivity contribution is 5.94. The van der Waals surface area contributed by atoms with E-state index in [1.54, 1.807) is 4.90 Å². The quantitative estimate of drug-likeness (QED) is 0.517. The number of piperidine rings is 1. The summed E-state index contributed by atoms with van der Waals surface area (Å²) in [6.07, 6.45) is -0.285. The Kier molecular flexibility index (Phi) is 8.25. The van der Waals surface area contributed by atoms with Crippen LogP contribution >= 0.6 is 0 Å². The van der Waals surface area contributed by atoms with E-state index in [0.717, 1.165) is 56.7 Å². The van der Waals surface area contributed by atoms with E-state index in [0.29, 0.717) is 31.3 Å². The van der Waals surface area contributed by atoms with Crippen LogP contribution < -0.4 is 10.1 Å². The summed E-state index contributed by atoms with van der Waals surface area (Å²) in [6, 6.07) is 9.37. The molecule has 36 heavy (non-hydrogen) atoms. The van der Waals surface area contributed by atoms with Crippen LogP contribution in [0.1, 0.15) is 64.3 Å². The predicted molar refractivity (Wildman–Crippen MR) is 134 cm³/mol.